The van der Waals surface area contributed by atoms with Gasteiger partial charge < -0.3 is 25.8 Å². The highest BCUT2D eigenvalue weighted by molar-refractivity contribution is 5.63. The van der Waals surface area contributed by atoms with E-state index in [1.807, 2.05) is 0 Å². The van der Waals surface area contributed by atoms with E-state index in [-0.39, 0.29) is 11.6 Å². The van der Waals surface area contributed by atoms with Crippen LogP contribution in [-0.4, -0.2) is 59.3 Å². The Morgan fingerprint density at radius 3 is 2.90 bits per heavy atom. The number of aromatic nitrogens is 4. The fourth-order valence-electron chi connectivity index (χ4n) is 2.42. The van der Waals surface area contributed by atoms with Gasteiger partial charge >= 0.3 is 0 Å². The van der Waals surface area contributed by atoms with Crippen molar-refractivity contribution in [3.63, 3.8) is 0 Å². The second kappa shape index (κ2) is 4.35. The van der Waals surface area contributed by atoms with Crippen LogP contribution in [0.4, 0.5) is 5.82 Å². The molecule has 0 spiro atoms. The molecule has 3 rings (SSSR count). The highest BCUT2D eigenvalue weighted by Crippen LogP contribution is 2.40. The van der Waals surface area contributed by atoms with Crippen LogP contribution in [0.5, 0.6) is 0 Å². The molecule has 2 aromatic rings. The molecule has 108 valence electrons. The quantitative estimate of drug-likeness (QED) is 0.508. The van der Waals surface area contributed by atoms with Crippen LogP contribution in [0, 0.1) is 0 Å². The van der Waals surface area contributed by atoms with Gasteiger partial charge in [-0.05, 0) is 6.92 Å². The van der Waals surface area contributed by atoms with E-state index in [4.69, 9.17) is 10.5 Å². The number of rotatable bonds is 2. The van der Waals surface area contributed by atoms with Gasteiger partial charge in [-0.15, -0.1) is 0 Å². The lowest BCUT2D eigenvalue weighted by Gasteiger charge is -2.25. The molecule has 3 heterocycles. The molecule has 1 saturated heterocycles. The third-order valence-electron chi connectivity index (χ3n) is 3.60. The average Bonchev–Trinajstić information content (AvgIpc) is 2.92. The van der Waals surface area contributed by atoms with Crippen molar-refractivity contribution in [1.82, 2.24) is 19.6 Å². The van der Waals surface area contributed by atoms with Crippen LogP contribution in [0.15, 0.2) is 12.5 Å². The summed E-state index contributed by atoms with van der Waals surface area (Å²) in [6, 6.07) is 0. The maximum absolute atomic E-state index is 10.4. The van der Waals surface area contributed by atoms with E-state index in [9.17, 15) is 15.3 Å². The molecule has 0 saturated carbocycles. The maximum Gasteiger partial charge on any atom is 0.162 e. The van der Waals surface area contributed by atoms with Crippen LogP contribution in [0.3, 0.4) is 0 Å². The highest BCUT2D eigenvalue weighted by Gasteiger charge is 2.54. The number of aliphatic hydroxyl groups excluding tert-OH is 2. The van der Waals surface area contributed by atoms with Crippen molar-refractivity contribution >= 4 is 11.3 Å². The molecule has 2 aromatic heterocycles. The monoisotopic (exact) mass is 281 g/mol. The number of nitrogen functional groups attached to an aromatic ring is 1. The number of imidazole rings is 1. The van der Waals surface area contributed by atoms with Gasteiger partial charge in [0.2, 0.25) is 0 Å². The topological polar surface area (TPSA) is 139 Å². The Balaban J connectivity index is 2.10. The summed E-state index contributed by atoms with van der Waals surface area (Å²) in [5.41, 5.74) is 4.58. The van der Waals surface area contributed by atoms with Crippen LogP contribution >= 0.6 is 0 Å². The van der Waals surface area contributed by atoms with Crippen LogP contribution in [0.25, 0.3) is 5.52 Å². The molecule has 0 aromatic carbocycles. The second-order valence-corrected chi connectivity index (χ2v) is 4.97. The fourth-order valence-corrected chi connectivity index (χ4v) is 2.42. The zero-order chi connectivity index (χ0) is 14.5. The molecule has 20 heavy (non-hydrogen) atoms. The molecule has 0 amide bonds. The largest absolute Gasteiger partial charge is 0.394 e. The number of nitrogens with two attached hydrogens (primary N) is 1. The SMILES string of the molecule is C[C@@]1(O)[C@H](O)[C@@H](CO)O[C@H]1c1ncc2c(N)ncnn12. The Labute approximate surface area is 113 Å². The van der Waals surface area contributed by atoms with Crippen LogP contribution in [0.2, 0.25) is 0 Å². The third-order valence-corrected chi connectivity index (χ3v) is 3.60. The Bertz CT molecular complexity index is 643. The van der Waals surface area contributed by atoms with E-state index in [1.165, 1.54) is 24.0 Å². The summed E-state index contributed by atoms with van der Waals surface area (Å²) in [5.74, 6) is 0.532. The Morgan fingerprint density at radius 2 is 2.25 bits per heavy atom. The number of nitrogens with zero attached hydrogens (tertiary/aromatic N) is 4. The number of aliphatic hydroxyl groups is 3. The Morgan fingerprint density at radius 1 is 1.50 bits per heavy atom. The fraction of sp³-hybridized carbons (Fsp3) is 0.545. The summed E-state index contributed by atoms with van der Waals surface area (Å²) in [6.07, 6.45) is -0.336. The summed E-state index contributed by atoms with van der Waals surface area (Å²) in [6.45, 7) is 1.01. The lowest BCUT2D eigenvalue weighted by atomic mass is 9.92. The Hall–Kier alpha value is -1.81. The number of hydrogen-bond acceptors (Lipinski definition) is 8. The molecule has 1 aliphatic heterocycles. The summed E-state index contributed by atoms with van der Waals surface area (Å²) in [7, 11) is 0. The molecule has 4 atom stereocenters. The van der Waals surface area contributed by atoms with Gasteiger partial charge in [-0.2, -0.15) is 5.10 Å². The first-order valence-corrected chi connectivity index (χ1v) is 6.07. The molecule has 0 aliphatic carbocycles. The average molecular weight is 281 g/mol. The van der Waals surface area contributed by atoms with Crippen LogP contribution in [-0.2, 0) is 4.74 Å². The molecular formula is C11H15N5O4. The highest BCUT2D eigenvalue weighted by atomic mass is 16.6. The van der Waals surface area contributed by atoms with Crippen molar-refractivity contribution in [3.8, 4) is 0 Å². The van der Waals surface area contributed by atoms with Gasteiger partial charge in [0.15, 0.2) is 11.6 Å². The number of hydrogen-bond donors (Lipinski definition) is 4. The van der Waals surface area contributed by atoms with Crippen molar-refractivity contribution in [2.45, 2.75) is 30.8 Å². The predicted octanol–water partition coefficient (Wildman–Crippen LogP) is -1.75. The molecule has 1 aliphatic rings. The number of anilines is 1. The number of ether oxygens (including phenoxy) is 1. The number of fused-ring (bicyclic) bond motifs is 1. The molecule has 0 radical (unpaired) electrons. The minimum absolute atomic E-state index is 0.246. The van der Waals surface area contributed by atoms with Crippen molar-refractivity contribution < 1.29 is 20.1 Å². The minimum atomic E-state index is -1.60. The van der Waals surface area contributed by atoms with Crippen molar-refractivity contribution in [1.29, 1.82) is 0 Å². The van der Waals surface area contributed by atoms with Gasteiger partial charge in [-0.3, -0.25) is 0 Å². The van der Waals surface area contributed by atoms with Crippen LogP contribution < -0.4 is 5.73 Å². The van der Waals surface area contributed by atoms with Crippen LogP contribution in [0.1, 0.15) is 18.9 Å². The smallest absolute Gasteiger partial charge is 0.162 e. The molecule has 1 fully saturated rings. The normalized spacial score (nSPS) is 33.9. The zero-order valence-electron chi connectivity index (χ0n) is 10.7. The molecule has 0 bridgehead atoms. The second-order valence-electron chi connectivity index (χ2n) is 4.97. The maximum atomic E-state index is 10.4. The lowest BCUT2D eigenvalue weighted by molar-refractivity contribution is -0.0679. The first-order chi connectivity index (χ1) is 9.46. The van der Waals surface area contributed by atoms with E-state index in [0.717, 1.165) is 0 Å². The predicted molar refractivity (Wildman–Crippen MR) is 66.5 cm³/mol. The summed E-state index contributed by atoms with van der Waals surface area (Å²) < 4.78 is 6.89. The Kier molecular flexibility index (Phi) is 2.87. The van der Waals surface area contributed by atoms with Crippen molar-refractivity contribution in [2.75, 3.05) is 12.3 Å². The van der Waals surface area contributed by atoms with E-state index in [2.05, 4.69) is 15.1 Å². The van der Waals surface area contributed by atoms with Crippen molar-refractivity contribution in [2.24, 2.45) is 0 Å². The molecule has 9 nitrogen and oxygen atoms in total. The molecular weight excluding hydrogens is 266 g/mol. The molecule has 9 heteroatoms. The summed E-state index contributed by atoms with van der Waals surface area (Å²) in [5, 5.41) is 33.6. The van der Waals surface area contributed by atoms with E-state index in [0.29, 0.717) is 5.52 Å². The summed E-state index contributed by atoms with van der Waals surface area (Å²) in [4.78, 5) is 7.98. The third kappa shape index (κ3) is 1.68. The minimum Gasteiger partial charge on any atom is -0.394 e. The molecule has 0 unspecified atom stereocenters. The van der Waals surface area contributed by atoms with E-state index >= 15 is 0 Å². The summed E-state index contributed by atoms with van der Waals surface area (Å²) >= 11 is 0. The van der Waals surface area contributed by atoms with E-state index < -0.39 is 30.5 Å². The van der Waals surface area contributed by atoms with Crippen molar-refractivity contribution in [3.05, 3.63) is 18.3 Å². The first kappa shape index (κ1) is 13.2. The zero-order valence-corrected chi connectivity index (χ0v) is 10.7. The van der Waals surface area contributed by atoms with Gasteiger partial charge in [0, 0.05) is 0 Å². The lowest BCUT2D eigenvalue weighted by Crippen LogP contribution is -2.43. The van der Waals surface area contributed by atoms with Gasteiger partial charge in [-0.25, -0.2) is 14.5 Å². The van der Waals surface area contributed by atoms with Gasteiger partial charge in [0.05, 0.1) is 12.8 Å². The van der Waals surface area contributed by atoms with Gasteiger partial charge in [0.1, 0.15) is 35.8 Å². The first-order valence-electron chi connectivity index (χ1n) is 6.07. The molecule has 5 N–H and O–H groups in total. The van der Waals surface area contributed by atoms with Gasteiger partial charge in [0.25, 0.3) is 0 Å². The van der Waals surface area contributed by atoms with E-state index in [1.54, 1.807) is 0 Å². The standard InChI is InChI=1S/C11H15N5O4/c1-11(19)7(18)6(3-17)20-8(11)10-13-2-5-9(12)14-4-15-16(5)10/h2,4,6-8,17-19H,3H2,1H3,(H2,12,14,15)/t6-,7-,8+,11-/m1/s1. The van der Waals surface area contributed by atoms with Gasteiger partial charge in [-0.1, -0.05) is 0 Å².